The molecule has 0 aliphatic heterocycles. The molecule has 8 heteroatoms. The zero-order chi connectivity index (χ0) is 16.7. The molecule has 0 saturated carbocycles. The van der Waals surface area contributed by atoms with Crippen LogP contribution in [-0.2, 0) is 6.18 Å². The summed E-state index contributed by atoms with van der Waals surface area (Å²) in [5, 5.41) is 8.82. The maximum atomic E-state index is 13.6. The summed E-state index contributed by atoms with van der Waals surface area (Å²) in [6.45, 7) is 0. The maximum absolute atomic E-state index is 13.6. The molecule has 2 rings (SSSR count). The smallest absolute Gasteiger partial charge is 0.416 e. The second-order valence-corrected chi connectivity index (χ2v) is 4.35. The molecule has 0 atom stereocenters. The minimum Gasteiger partial charge on any atom is -0.478 e. The van der Waals surface area contributed by atoms with E-state index in [4.69, 9.17) is 5.11 Å². The highest BCUT2D eigenvalue weighted by Crippen LogP contribution is 2.34. The number of halogens is 6. The van der Waals surface area contributed by atoms with Gasteiger partial charge in [-0.15, -0.1) is 0 Å². The second kappa shape index (κ2) is 5.36. The molecule has 22 heavy (non-hydrogen) atoms. The largest absolute Gasteiger partial charge is 0.478 e. The van der Waals surface area contributed by atoms with Crippen LogP contribution in [0.3, 0.4) is 0 Å². The van der Waals surface area contributed by atoms with Crippen LogP contribution in [0.15, 0.2) is 30.3 Å². The fourth-order valence-corrected chi connectivity index (χ4v) is 1.81. The SMILES string of the molecule is O=C(O)c1cc(-c2cc(F)c(F)cc2F)cc(C(F)(F)F)c1. The van der Waals surface area contributed by atoms with Gasteiger partial charge in [-0.05, 0) is 29.8 Å². The first-order chi connectivity index (χ1) is 10.1. The number of carboxylic acid groups (broad SMARTS) is 1. The molecule has 1 N–H and O–H groups in total. The Bertz CT molecular complexity index is 752. The number of carbonyl (C=O) groups is 1. The van der Waals surface area contributed by atoms with E-state index in [0.717, 1.165) is 6.07 Å². The molecule has 0 fully saturated rings. The Balaban J connectivity index is 2.72. The van der Waals surface area contributed by atoms with Crippen molar-refractivity contribution in [3.8, 4) is 11.1 Å². The van der Waals surface area contributed by atoms with Gasteiger partial charge in [0.15, 0.2) is 11.6 Å². The molecule has 0 bridgehead atoms. The van der Waals surface area contributed by atoms with Crippen molar-refractivity contribution < 1.29 is 36.2 Å². The molecule has 0 heterocycles. The van der Waals surface area contributed by atoms with E-state index in [1.54, 1.807) is 0 Å². The lowest BCUT2D eigenvalue weighted by Gasteiger charge is -2.11. The van der Waals surface area contributed by atoms with Gasteiger partial charge < -0.3 is 5.11 Å². The van der Waals surface area contributed by atoms with E-state index < -0.39 is 51.9 Å². The summed E-state index contributed by atoms with van der Waals surface area (Å²) < 4.78 is 77.9. The zero-order valence-corrected chi connectivity index (χ0v) is 10.5. The second-order valence-electron chi connectivity index (χ2n) is 4.35. The van der Waals surface area contributed by atoms with Gasteiger partial charge in [0.1, 0.15) is 5.82 Å². The van der Waals surface area contributed by atoms with E-state index in [0.29, 0.717) is 18.2 Å². The molecule has 0 radical (unpaired) electrons. The Labute approximate surface area is 119 Å². The molecule has 116 valence electrons. The van der Waals surface area contributed by atoms with Crippen molar-refractivity contribution in [3.05, 3.63) is 58.9 Å². The number of rotatable bonds is 2. The van der Waals surface area contributed by atoms with Crippen LogP contribution in [0.1, 0.15) is 15.9 Å². The number of alkyl halides is 3. The summed E-state index contributed by atoms with van der Waals surface area (Å²) in [4.78, 5) is 10.9. The highest BCUT2D eigenvalue weighted by molar-refractivity contribution is 5.90. The first kappa shape index (κ1) is 15.9. The molecule has 0 aromatic heterocycles. The van der Waals surface area contributed by atoms with Gasteiger partial charge in [0.25, 0.3) is 0 Å². The van der Waals surface area contributed by atoms with Gasteiger partial charge in [-0.25, -0.2) is 18.0 Å². The quantitative estimate of drug-likeness (QED) is 0.654. The normalized spacial score (nSPS) is 11.5. The van der Waals surface area contributed by atoms with Crippen molar-refractivity contribution in [3.63, 3.8) is 0 Å². The van der Waals surface area contributed by atoms with Crippen molar-refractivity contribution in [2.24, 2.45) is 0 Å². The van der Waals surface area contributed by atoms with Crippen LogP contribution in [0.5, 0.6) is 0 Å². The number of benzene rings is 2. The van der Waals surface area contributed by atoms with Crippen molar-refractivity contribution in [1.29, 1.82) is 0 Å². The van der Waals surface area contributed by atoms with E-state index in [9.17, 15) is 31.1 Å². The van der Waals surface area contributed by atoms with Gasteiger partial charge >= 0.3 is 12.1 Å². The summed E-state index contributed by atoms with van der Waals surface area (Å²) >= 11 is 0. The Morgan fingerprint density at radius 1 is 0.864 bits per heavy atom. The monoisotopic (exact) mass is 320 g/mol. The molecule has 2 aromatic rings. The van der Waals surface area contributed by atoms with Gasteiger partial charge in [0, 0.05) is 11.6 Å². The lowest BCUT2D eigenvalue weighted by molar-refractivity contribution is -0.137. The predicted molar refractivity (Wildman–Crippen MR) is 63.7 cm³/mol. The highest BCUT2D eigenvalue weighted by atomic mass is 19.4. The lowest BCUT2D eigenvalue weighted by Crippen LogP contribution is -2.08. The fourth-order valence-electron chi connectivity index (χ4n) is 1.81. The van der Waals surface area contributed by atoms with Crippen molar-refractivity contribution in [2.45, 2.75) is 6.18 Å². The summed E-state index contributed by atoms with van der Waals surface area (Å²) in [6, 6.07) is 2.11. The molecule has 0 saturated heterocycles. The van der Waals surface area contributed by atoms with Gasteiger partial charge in [-0.1, -0.05) is 0 Å². The number of carboxylic acids is 1. The average molecular weight is 320 g/mol. The van der Waals surface area contributed by atoms with Gasteiger partial charge in [-0.2, -0.15) is 13.2 Å². The van der Waals surface area contributed by atoms with E-state index in [2.05, 4.69) is 0 Å². The zero-order valence-electron chi connectivity index (χ0n) is 10.5. The predicted octanol–water partition coefficient (Wildman–Crippen LogP) is 4.49. The molecule has 0 aliphatic carbocycles. The Hall–Kier alpha value is -2.51. The molecule has 2 nitrogen and oxygen atoms in total. The fraction of sp³-hybridized carbons (Fsp3) is 0.0714. The minimum atomic E-state index is -4.88. The van der Waals surface area contributed by atoms with E-state index in [1.165, 1.54) is 0 Å². The first-order valence-corrected chi connectivity index (χ1v) is 5.70. The molecular weight excluding hydrogens is 314 g/mol. The minimum absolute atomic E-state index is 0.172. The van der Waals surface area contributed by atoms with Gasteiger partial charge in [0.05, 0.1) is 11.1 Å². The van der Waals surface area contributed by atoms with E-state index >= 15 is 0 Å². The summed E-state index contributed by atoms with van der Waals surface area (Å²) in [7, 11) is 0. The topological polar surface area (TPSA) is 37.3 Å². The average Bonchev–Trinajstić information content (AvgIpc) is 2.41. The molecular formula is C14H6F6O2. The van der Waals surface area contributed by atoms with Crippen LogP contribution in [0.2, 0.25) is 0 Å². The third-order valence-electron chi connectivity index (χ3n) is 2.83. The van der Waals surface area contributed by atoms with Crippen LogP contribution in [0.4, 0.5) is 26.3 Å². The lowest BCUT2D eigenvalue weighted by atomic mass is 9.99. The van der Waals surface area contributed by atoms with Crippen LogP contribution >= 0.6 is 0 Å². The van der Waals surface area contributed by atoms with Crippen LogP contribution < -0.4 is 0 Å². The third kappa shape index (κ3) is 3.05. The van der Waals surface area contributed by atoms with Crippen LogP contribution in [-0.4, -0.2) is 11.1 Å². The number of hydrogen-bond donors (Lipinski definition) is 1. The standard InChI is InChI=1S/C14H6F6O2/c15-10-5-12(17)11(16)4-9(10)6-1-7(13(21)22)3-8(2-6)14(18,19)20/h1-5H,(H,21,22). The summed E-state index contributed by atoms with van der Waals surface area (Å²) in [5.41, 5.74) is -3.29. The maximum Gasteiger partial charge on any atom is 0.416 e. The van der Waals surface area contributed by atoms with Gasteiger partial charge in [0.2, 0.25) is 0 Å². The summed E-state index contributed by atoms with van der Waals surface area (Å²) in [6.07, 6.45) is -4.88. The number of hydrogen-bond acceptors (Lipinski definition) is 1. The van der Waals surface area contributed by atoms with Crippen LogP contribution in [0, 0.1) is 17.5 Å². The number of aromatic carboxylic acids is 1. The van der Waals surface area contributed by atoms with Crippen LogP contribution in [0.25, 0.3) is 11.1 Å². The Morgan fingerprint density at radius 3 is 2.00 bits per heavy atom. The first-order valence-electron chi connectivity index (χ1n) is 5.70. The van der Waals surface area contributed by atoms with E-state index in [-0.39, 0.29) is 6.07 Å². The van der Waals surface area contributed by atoms with Crippen molar-refractivity contribution in [1.82, 2.24) is 0 Å². The Kier molecular flexibility index (Phi) is 3.87. The van der Waals surface area contributed by atoms with Crippen molar-refractivity contribution >= 4 is 5.97 Å². The Morgan fingerprint density at radius 2 is 1.45 bits per heavy atom. The van der Waals surface area contributed by atoms with Gasteiger partial charge in [-0.3, -0.25) is 0 Å². The van der Waals surface area contributed by atoms with Crippen molar-refractivity contribution in [2.75, 3.05) is 0 Å². The molecule has 0 spiro atoms. The highest BCUT2D eigenvalue weighted by Gasteiger charge is 2.32. The van der Waals surface area contributed by atoms with E-state index in [1.807, 2.05) is 0 Å². The molecule has 2 aromatic carbocycles. The molecule has 0 amide bonds. The molecule has 0 unspecified atom stereocenters. The third-order valence-corrected chi connectivity index (χ3v) is 2.83. The molecule has 0 aliphatic rings. The summed E-state index contributed by atoms with van der Waals surface area (Å²) in [5.74, 6) is -5.96.